The number of rotatable bonds is 5. The molecule has 0 unspecified atom stereocenters. The quantitative estimate of drug-likeness (QED) is 0.777. The lowest BCUT2D eigenvalue weighted by Crippen LogP contribution is -2.43. The summed E-state index contributed by atoms with van der Waals surface area (Å²) in [6.07, 6.45) is 2.89. The highest BCUT2D eigenvalue weighted by molar-refractivity contribution is 6.01. The van der Waals surface area contributed by atoms with Crippen LogP contribution in [0.4, 0.5) is 10.2 Å². The Morgan fingerprint density at radius 1 is 1.40 bits per heavy atom. The Labute approximate surface area is 118 Å². The van der Waals surface area contributed by atoms with Gasteiger partial charge in [0.1, 0.15) is 5.82 Å². The van der Waals surface area contributed by atoms with Crippen LogP contribution in [0.5, 0.6) is 0 Å². The number of carbonyl (C=O) groups excluding carboxylic acids is 1. The summed E-state index contributed by atoms with van der Waals surface area (Å²) in [7, 11) is 3.64. The van der Waals surface area contributed by atoms with Crippen molar-refractivity contribution in [3.63, 3.8) is 0 Å². The average Bonchev–Trinajstić information content (AvgIpc) is 2.77. The summed E-state index contributed by atoms with van der Waals surface area (Å²) in [6, 6.07) is 0. The van der Waals surface area contributed by atoms with E-state index in [0.717, 1.165) is 12.8 Å². The van der Waals surface area contributed by atoms with Crippen LogP contribution in [-0.2, 0) is 7.05 Å². The van der Waals surface area contributed by atoms with Crippen LogP contribution >= 0.6 is 0 Å². The molecule has 1 aromatic heterocycles. The minimum absolute atomic E-state index is 0.0867. The number of aryl methyl sites for hydroxylation is 1. The second kappa shape index (κ2) is 5.64. The number of nitrogens with zero attached hydrogens (tertiary/aromatic N) is 4. The number of anilines is 1. The fourth-order valence-corrected chi connectivity index (χ4v) is 2.38. The van der Waals surface area contributed by atoms with E-state index in [1.165, 1.54) is 0 Å². The van der Waals surface area contributed by atoms with Crippen LogP contribution in [-0.4, -0.2) is 40.1 Å². The van der Waals surface area contributed by atoms with Crippen molar-refractivity contribution < 1.29 is 9.18 Å². The molecule has 20 heavy (non-hydrogen) atoms. The summed E-state index contributed by atoms with van der Waals surface area (Å²) in [5.41, 5.74) is 0.568. The van der Waals surface area contributed by atoms with Crippen molar-refractivity contribution in [1.29, 1.82) is 0 Å². The molecule has 0 fully saturated rings. The van der Waals surface area contributed by atoms with Crippen LogP contribution in [0, 0.1) is 0 Å². The molecule has 6 heteroatoms. The number of alkyl halides is 1. The SMILES string of the molecule is C=C1N(CCCC[C@@H](C)F)C(=O)c2c(ncn2C)N1C. The fraction of sp³-hybridized carbons (Fsp3) is 0.571. The summed E-state index contributed by atoms with van der Waals surface area (Å²) in [5, 5.41) is 0. The van der Waals surface area contributed by atoms with Gasteiger partial charge in [0.05, 0.1) is 12.5 Å². The van der Waals surface area contributed by atoms with E-state index in [4.69, 9.17) is 0 Å². The van der Waals surface area contributed by atoms with Gasteiger partial charge in [0.15, 0.2) is 11.5 Å². The van der Waals surface area contributed by atoms with Crippen molar-refractivity contribution in [3.05, 3.63) is 24.4 Å². The fourth-order valence-electron chi connectivity index (χ4n) is 2.38. The molecule has 2 heterocycles. The first-order chi connectivity index (χ1) is 9.43. The molecule has 1 aliphatic heterocycles. The highest BCUT2D eigenvalue weighted by atomic mass is 19.1. The smallest absolute Gasteiger partial charge is 0.279 e. The lowest BCUT2D eigenvalue weighted by atomic mass is 10.1. The summed E-state index contributed by atoms with van der Waals surface area (Å²) >= 11 is 0. The zero-order chi connectivity index (χ0) is 14.9. The van der Waals surface area contributed by atoms with Crippen LogP contribution in [0.1, 0.15) is 36.7 Å². The Balaban J connectivity index is 2.09. The van der Waals surface area contributed by atoms with Crippen LogP contribution in [0.15, 0.2) is 18.7 Å². The molecule has 1 aromatic rings. The molecular formula is C14H21FN4O. The van der Waals surface area contributed by atoms with Gasteiger partial charge in [-0.3, -0.25) is 9.69 Å². The second-order valence-electron chi connectivity index (χ2n) is 5.24. The molecule has 0 spiro atoms. The Hall–Kier alpha value is -1.85. The molecule has 0 saturated carbocycles. The summed E-state index contributed by atoms with van der Waals surface area (Å²) in [4.78, 5) is 20.2. The van der Waals surface area contributed by atoms with E-state index in [2.05, 4.69) is 11.6 Å². The number of hydrogen-bond donors (Lipinski definition) is 0. The third-order valence-corrected chi connectivity index (χ3v) is 3.62. The number of fused-ring (bicyclic) bond motifs is 1. The van der Waals surface area contributed by atoms with E-state index in [0.29, 0.717) is 30.3 Å². The molecule has 1 aliphatic rings. The first-order valence-corrected chi connectivity index (χ1v) is 6.83. The number of hydrogen-bond acceptors (Lipinski definition) is 3. The van der Waals surface area contributed by atoms with E-state index in [1.807, 2.05) is 11.9 Å². The van der Waals surface area contributed by atoms with Gasteiger partial charge in [0.2, 0.25) is 0 Å². The molecule has 0 saturated heterocycles. The van der Waals surface area contributed by atoms with Gasteiger partial charge in [-0.05, 0) is 26.2 Å². The summed E-state index contributed by atoms with van der Waals surface area (Å²) in [6.45, 7) is 6.07. The van der Waals surface area contributed by atoms with Crippen LogP contribution in [0.2, 0.25) is 0 Å². The van der Waals surface area contributed by atoms with Crippen molar-refractivity contribution in [3.8, 4) is 0 Å². The number of imidazole rings is 1. The van der Waals surface area contributed by atoms with Gasteiger partial charge in [0.25, 0.3) is 5.91 Å². The number of halogens is 1. The monoisotopic (exact) mass is 280 g/mol. The number of aromatic nitrogens is 2. The molecule has 0 aliphatic carbocycles. The van der Waals surface area contributed by atoms with Gasteiger partial charge in [-0.15, -0.1) is 0 Å². The van der Waals surface area contributed by atoms with Gasteiger partial charge in [0, 0.05) is 20.6 Å². The topological polar surface area (TPSA) is 41.4 Å². The third-order valence-electron chi connectivity index (χ3n) is 3.62. The van der Waals surface area contributed by atoms with Crippen LogP contribution in [0.3, 0.4) is 0 Å². The van der Waals surface area contributed by atoms with Gasteiger partial charge in [-0.1, -0.05) is 6.58 Å². The molecule has 2 rings (SSSR count). The molecule has 1 amide bonds. The predicted octanol–water partition coefficient (Wildman–Crippen LogP) is 2.31. The minimum atomic E-state index is -0.790. The number of unbranched alkanes of at least 4 members (excludes halogenated alkanes) is 1. The van der Waals surface area contributed by atoms with Crippen molar-refractivity contribution in [2.75, 3.05) is 18.5 Å². The molecule has 0 N–H and O–H groups in total. The predicted molar refractivity (Wildman–Crippen MR) is 76.2 cm³/mol. The first-order valence-electron chi connectivity index (χ1n) is 6.83. The Morgan fingerprint density at radius 2 is 2.10 bits per heavy atom. The van der Waals surface area contributed by atoms with E-state index in [1.54, 1.807) is 29.8 Å². The van der Waals surface area contributed by atoms with E-state index < -0.39 is 6.17 Å². The van der Waals surface area contributed by atoms with Gasteiger partial charge in [-0.2, -0.15) is 0 Å². The molecule has 0 radical (unpaired) electrons. The maximum Gasteiger partial charge on any atom is 0.279 e. The zero-order valence-electron chi connectivity index (χ0n) is 12.3. The lowest BCUT2D eigenvalue weighted by Gasteiger charge is -2.35. The summed E-state index contributed by atoms with van der Waals surface area (Å²) in [5.74, 6) is 1.17. The maximum absolute atomic E-state index is 12.8. The van der Waals surface area contributed by atoms with Crippen molar-refractivity contribution in [2.45, 2.75) is 32.4 Å². The highest BCUT2D eigenvalue weighted by Gasteiger charge is 2.33. The molecule has 0 bridgehead atoms. The number of carbonyl (C=O) groups is 1. The normalized spacial score (nSPS) is 16.6. The first kappa shape index (κ1) is 14.6. The molecular weight excluding hydrogens is 259 g/mol. The number of amides is 1. The van der Waals surface area contributed by atoms with Gasteiger partial charge >= 0.3 is 0 Å². The Kier molecular flexibility index (Phi) is 4.11. The molecule has 110 valence electrons. The second-order valence-corrected chi connectivity index (χ2v) is 5.24. The third kappa shape index (κ3) is 2.55. The van der Waals surface area contributed by atoms with Crippen LogP contribution < -0.4 is 4.90 Å². The molecule has 5 nitrogen and oxygen atoms in total. The standard InChI is InChI=1S/C14H21FN4O/c1-10(15)7-5-6-8-19-11(2)18(4)13-12(14(19)20)17(3)9-16-13/h9-10H,2,5-8H2,1,3-4H3/t10-/m1/s1. The average molecular weight is 280 g/mol. The Morgan fingerprint density at radius 3 is 2.75 bits per heavy atom. The maximum atomic E-state index is 12.8. The van der Waals surface area contributed by atoms with Gasteiger partial charge in [-0.25, -0.2) is 9.37 Å². The van der Waals surface area contributed by atoms with Crippen molar-refractivity contribution in [2.24, 2.45) is 7.05 Å². The highest BCUT2D eigenvalue weighted by Crippen LogP contribution is 2.29. The van der Waals surface area contributed by atoms with Gasteiger partial charge < -0.3 is 9.47 Å². The molecule has 0 aromatic carbocycles. The summed E-state index contributed by atoms with van der Waals surface area (Å²) < 4.78 is 14.5. The minimum Gasteiger partial charge on any atom is -0.328 e. The zero-order valence-corrected chi connectivity index (χ0v) is 12.3. The lowest BCUT2D eigenvalue weighted by molar-refractivity contribution is 0.0781. The largest absolute Gasteiger partial charge is 0.328 e. The van der Waals surface area contributed by atoms with E-state index in [-0.39, 0.29) is 5.91 Å². The Bertz CT molecular complexity index is 523. The van der Waals surface area contributed by atoms with E-state index in [9.17, 15) is 9.18 Å². The van der Waals surface area contributed by atoms with Crippen molar-refractivity contribution >= 4 is 11.7 Å². The van der Waals surface area contributed by atoms with Crippen LogP contribution in [0.25, 0.3) is 0 Å². The van der Waals surface area contributed by atoms with E-state index >= 15 is 0 Å². The molecule has 1 atom stereocenters. The van der Waals surface area contributed by atoms with Crippen molar-refractivity contribution in [1.82, 2.24) is 14.5 Å².